The smallest absolute Gasteiger partial charge is 0.0867 e. The molecule has 2 rings (SSSR count). The summed E-state index contributed by atoms with van der Waals surface area (Å²) in [5.41, 5.74) is 0. The third kappa shape index (κ3) is 1.74. The summed E-state index contributed by atoms with van der Waals surface area (Å²) in [5.74, 6) is 0. The first-order chi connectivity index (χ1) is 5.40. The van der Waals surface area contributed by atoms with Crippen LogP contribution in [0.1, 0.15) is 32.6 Å². The molecule has 2 heteroatoms. The van der Waals surface area contributed by atoms with Crippen molar-refractivity contribution in [2.75, 3.05) is 6.61 Å². The van der Waals surface area contributed by atoms with E-state index in [9.17, 15) is 0 Å². The van der Waals surface area contributed by atoms with Gasteiger partial charge in [-0.1, -0.05) is 13.3 Å². The van der Waals surface area contributed by atoms with Gasteiger partial charge in [-0.15, -0.1) is 0 Å². The summed E-state index contributed by atoms with van der Waals surface area (Å²) < 4.78 is 11.0. The first-order valence-electron chi connectivity index (χ1n) is 4.67. The maximum Gasteiger partial charge on any atom is 0.0867 e. The van der Waals surface area contributed by atoms with E-state index in [4.69, 9.17) is 9.47 Å². The molecule has 1 aliphatic carbocycles. The van der Waals surface area contributed by atoms with Gasteiger partial charge in [0.25, 0.3) is 0 Å². The molecule has 64 valence electrons. The van der Waals surface area contributed by atoms with Crippen LogP contribution in [0.4, 0.5) is 0 Å². The Balaban J connectivity index is 1.57. The lowest BCUT2D eigenvalue weighted by Gasteiger charge is -2.11. The van der Waals surface area contributed by atoms with Gasteiger partial charge in [0.05, 0.1) is 18.3 Å². The van der Waals surface area contributed by atoms with E-state index >= 15 is 0 Å². The van der Waals surface area contributed by atoms with Crippen molar-refractivity contribution in [3.05, 3.63) is 0 Å². The highest BCUT2D eigenvalue weighted by Gasteiger charge is 2.48. The number of fused-ring (bicyclic) bond motifs is 1. The van der Waals surface area contributed by atoms with E-state index in [1.807, 2.05) is 0 Å². The average Bonchev–Trinajstić information content (AvgIpc) is 2.61. The Kier molecular flexibility index (Phi) is 2.14. The van der Waals surface area contributed by atoms with Crippen molar-refractivity contribution >= 4 is 0 Å². The lowest BCUT2D eigenvalue weighted by Crippen LogP contribution is -2.12. The lowest BCUT2D eigenvalue weighted by atomic mass is 10.3. The minimum atomic E-state index is 0.519. The predicted octanol–water partition coefficient (Wildman–Crippen LogP) is 1.73. The molecular formula is C9H16O2. The van der Waals surface area contributed by atoms with Crippen molar-refractivity contribution in [2.24, 2.45) is 0 Å². The Morgan fingerprint density at radius 1 is 1.36 bits per heavy atom. The molecule has 0 N–H and O–H groups in total. The van der Waals surface area contributed by atoms with Crippen LogP contribution < -0.4 is 0 Å². The zero-order chi connectivity index (χ0) is 7.68. The third-order valence-electron chi connectivity index (χ3n) is 2.53. The fourth-order valence-corrected chi connectivity index (χ4v) is 1.74. The number of hydrogen-bond acceptors (Lipinski definition) is 2. The highest BCUT2D eigenvalue weighted by molar-refractivity contribution is 4.96. The lowest BCUT2D eigenvalue weighted by molar-refractivity contribution is 0.0319. The van der Waals surface area contributed by atoms with Crippen molar-refractivity contribution in [3.63, 3.8) is 0 Å². The highest BCUT2D eigenvalue weighted by atomic mass is 16.6. The molecule has 0 radical (unpaired) electrons. The molecule has 11 heavy (non-hydrogen) atoms. The van der Waals surface area contributed by atoms with Gasteiger partial charge in [0.15, 0.2) is 0 Å². The molecule has 3 atom stereocenters. The molecule has 0 aromatic carbocycles. The van der Waals surface area contributed by atoms with Gasteiger partial charge in [0.1, 0.15) is 0 Å². The van der Waals surface area contributed by atoms with Crippen molar-refractivity contribution < 1.29 is 9.47 Å². The molecule has 1 heterocycles. The first kappa shape index (κ1) is 7.56. The van der Waals surface area contributed by atoms with Crippen LogP contribution >= 0.6 is 0 Å². The number of rotatable bonds is 4. The zero-order valence-corrected chi connectivity index (χ0v) is 7.08. The van der Waals surface area contributed by atoms with Crippen molar-refractivity contribution in [2.45, 2.75) is 50.9 Å². The van der Waals surface area contributed by atoms with Crippen LogP contribution in [-0.4, -0.2) is 24.9 Å². The fourth-order valence-electron chi connectivity index (χ4n) is 1.74. The minimum Gasteiger partial charge on any atom is -0.378 e. The van der Waals surface area contributed by atoms with Crippen LogP contribution in [0.3, 0.4) is 0 Å². The monoisotopic (exact) mass is 156 g/mol. The Bertz CT molecular complexity index is 126. The molecule has 0 bridgehead atoms. The minimum absolute atomic E-state index is 0.519. The SMILES string of the molecule is CCCCO[C@H]1C[C@@H]2O[C@@H]2C1. The summed E-state index contributed by atoms with van der Waals surface area (Å²) in [6, 6.07) is 0. The molecule has 0 spiro atoms. The van der Waals surface area contributed by atoms with Gasteiger partial charge in [0, 0.05) is 19.4 Å². The van der Waals surface area contributed by atoms with Gasteiger partial charge in [-0.25, -0.2) is 0 Å². The van der Waals surface area contributed by atoms with E-state index in [1.54, 1.807) is 0 Å². The number of hydrogen-bond donors (Lipinski definition) is 0. The summed E-state index contributed by atoms with van der Waals surface area (Å²) in [5, 5.41) is 0. The molecule has 0 unspecified atom stereocenters. The van der Waals surface area contributed by atoms with Crippen molar-refractivity contribution in [1.82, 2.24) is 0 Å². The fraction of sp³-hybridized carbons (Fsp3) is 1.00. The largest absolute Gasteiger partial charge is 0.378 e. The normalized spacial score (nSPS) is 40.6. The van der Waals surface area contributed by atoms with Crippen LogP contribution in [0.5, 0.6) is 0 Å². The first-order valence-corrected chi connectivity index (χ1v) is 4.67. The summed E-state index contributed by atoms with van der Waals surface area (Å²) in [7, 11) is 0. The molecule has 1 saturated carbocycles. The molecule has 0 aromatic heterocycles. The second-order valence-corrected chi connectivity index (χ2v) is 3.53. The van der Waals surface area contributed by atoms with Gasteiger partial charge in [-0.2, -0.15) is 0 Å². The highest BCUT2D eigenvalue weighted by Crippen LogP contribution is 2.39. The van der Waals surface area contributed by atoms with E-state index in [0.717, 1.165) is 19.4 Å². The predicted molar refractivity (Wildman–Crippen MR) is 42.5 cm³/mol. The number of unbranched alkanes of at least 4 members (excludes halogenated alkanes) is 1. The van der Waals surface area contributed by atoms with Crippen molar-refractivity contribution in [3.8, 4) is 0 Å². The Hall–Kier alpha value is -0.0800. The zero-order valence-electron chi connectivity index (χ0n) is 7.08. The number of epoxide rings is 1. The van der Waals surface area contributed by atoms with E-state index in [-0.39, 0.29) is 0 Å². The van der Waals surface area contributed by atoms with Crippen LogP contribution in [0.25, 0.3) is 0 Å². The van der Waals surface area contributed by atoms with Gasteiger partial charge in [-0.05, 0) is 6.42 Å². The molecule has 1 saturated heterocycles. The van der Waals surface area contributed by atoms with E-state index in [1.165, 1.54) is 12.8 Å². The van der Waals surface area contributed by atoms with E-state index < -0.39 is 0 Å². The molecule has 2 fully saturated rings. The van der Waals surface area contributed by atoms with Crippen molar-refractivity contribution in [1.29, 1.82) is 0 Å². The molecule has 0 amide bonds. The Labute approximate surface area is 67.9 Å². The topological polar surface area (TPSA) is 21.8 Å². The second-order valence-electron chi connectivity index (χ2n) is 3.53. The van der Waals surface area contributed by atoms with Gasteiger partial charge < -0.3 is 9.47 Å². The van der Waals surface area contributed by atoms with Crippen LogP contribution in [0.2, 0.25) is 0 Å². The van der Waals surface area contributed by atoms with Crippen LogP contribution in [-0.2, 0) is 9.47 Å². The maximum atomic E-state index is 5.66. The van der Waals surface area contributed by atoms with E-state index in [2.05, 4.69) is 6.92 Å². The molecular weight excluding hydrogens is 140 g/mol. The summed E-state index contributed by atoms with van der Waals surface area (Å²) in [6.07, 6.45) is 6.39. The van der Waals surface area contributed by atoms with Gasteiger partial charge in [0.2, 0.25) is 0 Å². The molecule has 0 aromatic rings. The van der Waals surface area contributed by atoms with Crippen LogP contribution in [0, 0.1) is 0 Å². The maximum absolute atomic E-state index is 5.66. The molecule has 2 aliphatic rings. The summed E-state index contributed by atoms with van der Waals surface area (Å²) in [6.45, 7) is 3.14. The van der Waals surface area contributed by atoms with Gasteiger partial charge >= 0.3 is 0 Å². The number of ether oxygens (including phenoxy) is 2. The van der Waals surface area contributed by atoms with E-state index in [0.29, 0.717) is 18.3 Å². The standard InChI is InChI=1S/C9H16O2/c1-2-3-4-10-7-5-8-9(6-7)11-8/h7-9H,2-6H2,1H3/t7-,8-,9+. The van der Waals surface area contributed by atoms with Gasteiger partial charge in [-0.3, -0.25) is 0 Å². The van der Waals surface area contributed by atoms with Crippen LogP contribution in [0.15, 0.2) is 0 Å². The summed E-state index contributed by atoms with van der Waals surface area (Å²) >= 11 is 0. The average molecular weight is 156 g/mol. The second kappa shape index (κ2) is 3.11. The Morgan fingerprint density at radius 3 is 2.73 bits per heavy atom. The summed E-state index contributed by atoms with van der Waals surface area (Å²) in [4.78, 5) is 0. The Morgan fingerprint density at radius 2 is 2.09 bits per heavy atom. The quantitative estimate of drug-likeness (QED) is 0.456. The molecule has 1 aliphatic heterocycles. The molecule has 2 nitrogen and oxygen atoms in total. The third-order valence-corrected chi connectivity index (χ3v) is 2.53.